The second-order valence-electron chi connectivity index (χ2n) is 9.27. The number of hydrogen-bond acceptors (Lipinski definition) is 10. The molecule has 33 heavy (non-hydrogen) atoms. The molecule has 192 valence electrons. The van der Waals surface area contributed by atoms with Gasteiger partial charge < -0.3 is 34.5 Å². The Morgan fingerprint density at radius 1 is 1.15 bits per heavy atom. The van der Waals surface area contributed by atoms with Crippen molar-refractivity contribution < 1.29 is 39.2 Å². The topological polar surface area (TPSA) is 155 Å². The van der Waals surface area contributed by atoms with Crippen molar-refractivity contribution in [3.63, 3.8) is 0 Å². The molecule has 10 nitrogen and oxygen atoms in total. The number of allylic oxidation sites excluding steroid dienone is 1. The molecule has 5 N–H and O–H groups in total. The predicted molar refractivity (Wildman–Crippen MR) is 127 cm³/mol. The SMILES string of the molecule is CC(C)(C)[S@+]([O-])N[C@@H]1CC=CC[C@@H](CN2CCOCC2)S[C@H]2O[C@H]1[C@H](O)[C@H](O)[C@H]2O.O=CO. The van der Waals surface area contributed by atoms with Crippen LogP contribution in [0.4, 0.5) is 0 Å². The molecule has 8 atom stereocenters. The van der Waals surface area contributed by atoms with E-state index in [-0.39, 0.29) is 11.7 Å². The second kappa shape index (κ2) is 13.6. The molecule has 2 bridgehead atoms. The lowest BCUT2D eigenvalue weighted by molar-refractivity contribution is -0.203. The maximum absolute atomic E-state index is 12.7. The summed E-state index contributed by atoms with van der Waals surface area (Å²) in [6.07, 6.45) is 0.893. The summed E-state index contributed by atoms with van der Waals surface area (Å²) in [6, 6.07) is -0.447. The number of carboxylic acid groups (broad SMARTS) is 1. The summed E-state index contributed by atoms with van der Waals surface area (Å²) in [4.78, 5) is 10.7. The fraction of sp³-hybridized carbons (Fsp3) is 0.857. The first-order chi connectivity index (χ1) is 15.6. The van der Waals surface area contributed by atoms with Gasteiger partial charge in [0.05, 0.1) is 19.3 Å². The highest BCUT2D eigenvalue weighted by molar-refractivity contribution is 8.00. The van der Waals surface area contributed by atoms with E-state index in [0.29, 0.717) is 6.42 Å². The lowest BCUT2D eigenvalue weighted by Gasteiger charge is -2.45. The zero-order chi connectivity index (χ0) is 24.6. The summed E-state index contributed by atoms with van der Waals surface area (Å²) in [6.45, 7) is 9.41. The van der Waals surface area contributed by atoms with E-state index in [4.69, 9.17) is 19.4 Å². The van der Waals surface area contributed by atoms with Gasteiger partial charge in [-0.25, -0.2) is 0 Å². The number of morpholine rings is 1. The summed E-state index contributed by atoms with van der Waals surface area (Å²) in [5.41, 5.74) is -0.668. The van der Waals surface area contributed by atoms with Crippen molar-refractivity contribution >= 4 is 29.6 Å². The minimum Gasteiger partial charge on any atom is -0.598 e. The highest BCUT2D eigenvalue weighted by atomic mass is 32.2. The molecule has 0 spiro atoms. The van der Waals surface area contributed by atoms with Crippen molar-refractivity contribution in [3.05, 3.63) is 12.2 Å². The van der Waals surface area contributed by atoms with Gasteiger partial charge in [-0.1, -0.05) is 12.2 Å². The van der Waals surface area contributed by atoms with E-state index < -0.39 is 52.0 Å². The number of aliphatic hydroxyl groups is 3. The molecular weight excluding hydrogens is 472 g/mol. The average Bonchev–Trinajstić information content (AvgIpc) is 2.76. The molecule has 0 aliphatic carbocycles. The van der Waals surface area contributed by atoms with Crippen LogP contribution >= 0.6 is 11.8 Å². The molecular formula is C21H38N2O8S2. The van der Waals surface area contributed by atoms with Crippen molar-refractivity contribution in [2.75, 3.05) is 32.8 Å². The minimum atomic E-state index is -1.36. The molecule has 3 aliphatic rings. The third-order valence-electron chi connectivity index (χ3n) is 5.67. The Morgan fingerprint density at radius 3 is 2.36 bits per heavy atom. The van der Waals surface area contributed by atoms with Crippen LogP contribution in [0, 0.1) is 0 Å². The number of rotatable bonds is 4. The van der Waals surface area contributed by atoms with Crippen molar-refractivity contribution in [2.24, 2.45) is 0 Å². The molecule has 0 unspecified atom stereocenters. The van der Waals surface area contributed by atoms with Gasteiger partial charge in [-0.05, 0) is 33.6 Å². The summed E-state index contributed by atoms with van der Waals surface area (Å²) in [7, 11) is 0. The normalized spacial score (nSPS) is 36.9. The van der Waals surface area contributed by atoms with E-state index in [0.717, 1.165) is 39.3 Å². The maximum Gasteiger partial charge on any atom is 0.290 e. The van der Waals surface area contributed by atoms with Crippen LogP contribution in [-0.4, -0.2) is 115 Å². The lowest BCUT2D eigenvalue weighted by atomic mass is 9.93. The van der Waals surface area contributed by atoms with Crippen LogP contribution in [0.5, 0.6) is 0 Å². The van der Waals surface area contributed by atoms with Crippen LogP contribution in [0.3, 0.4) is 0 Å². The Kier molecular flexibility index (Phi) is 11.9. The van der Waals surface area contributed by atoms with Crippen molar-refractivity contribution in [1.29, 1.82) is 0 Å². The van der Waals surface area contributed by atoms with Gasteiger partial charge in [-0.3, -0.25) is 9.69 Å². The van der Waals surface area contributed by atoms with Gasteiger partial charge in [-0.15, -0.1) is 16.5 Å². The summed E-state index contributed by atoms with van der Waals surface area (Å²) < 4.78 is 26.8. The van der Waals surface area contributed by atoms with Crippen LogP contribution in [0.1, 0.15) is 33.6 Å². The van der Waals surface area contributed by atoms with E-state index in [1.807, 2.05) is 26.8 Å². The molecule has 2 saturated heterocycles. The zero-order valence-electron chi connectivity index (χ0n) is 19.4. The number of aliphatic hydroxyl groups excluding tert-OH is 3. The average molecular weight is 511 g/mol. The molecule has 12 heteroatoms. The first-order valence-corrected chi connectivity index (χ1v) is 13.2. The van der Waals surface area contributed by atoms with Gasteiger partial charge in [0.15, 0.2) is 0 Å². The Labute approximate surface area is 203 Å². The standard InChI is InChI=1S/C20H36N2O6S2.CH2O2/c1-20(2,3)30(26)21-14-7-5-4-6-13(12-22-8-10-27-11-9-22)29-19-17(25)15(23)16(24)18(14)28-19;2-1-3/h4-5,13-19,21,23-25H,6-12H2,1-3H3;1H,(H,2,3)/t13-,14+,15-,16+,17+,18+,19+,30-;/m0./s1. The van der Waals surface area contributed by atoms with Crippen molar-refractivity contribution in [1.82, 2.24) is 9.62 Å². The van der Waals surface area contributed by atoms with Crippen LogP contribution in [-0.2, 0) is 25.6 Å². The van der Waals surface area contributed by atoms with Crippen LogP contribution < -0.4 is 4.72 Å². The molecule has 3 rings (SSSR count). The molecule has 0 saturated carbocycles. The van der Waals surface area contributed by atoms with Crippen molar-refractivity contribution in [3.8, 4) is 0 Å². The molecule has 0 radical (unpaired) electrons. The van der Waals surface area contributed by atoms with Gasteiger partial charge in [0.2, 0.25) is 0 Å². The first kappa shape index (κ1) is 28.8. The largest absolute Gasteiger partial charge is 0.598 e. The molecule has 0 amide bonds. The Balaban J connectivity index is 0.00000122. The van der Waals surface area contributed by atoms with Gasteiger partial charge in [0.25, 0.3) is 6.47 Å². The predicted octanol–water partition coefficient (Wildman–Crippen LogP) is -0.301. The fourth-order valence-electron chi connectivity index (χ4n) is 3.81. The third kappa shape index (κ3) is 8.64. The van der Waals surface area contributed by atoms with Crippen LogP contribution in [0.25, 0.3) is 0 Å². The Bertz CT molecular complexity index is 618. The van der Waals surface area contributed by atoms with Crippen molar-refractivity contribution in [2.45, 2.75) is 79.5 Å². The second-order valence-corrected chi connectivity index (χ2v) is 12.7. The van der Waals surface area contributed by atoms with Gasteiger partial charge >= 0.3 is 0 Å². The number of hydrogen-bond donors (Lipinski definition) is 5. The quantitative estimate of drug-likeness (QED) is 0.192. The summed E-state index contributed by atoms with van der Waals surface area (Å²) in [5, 5.41) is 38.8. The van der Waals surface area contributed by atoms with Gasteiger partial charge in [0, 0.05) is 36.2 Å². The van der Waals surface area contributed by atoms with E-state index >= 15 is 0 Å². The highest BCUT2D eigenvalue weighted by Gasteiger charge is 2.48. The van der Waals surface area contributed by atoms with Gasteiger partial charge in [-0.2, -0.15) is 0 Å². The van der Waals surface area contributed by atoms with Crippen LogP contribution in [0.2, 0.25) is 0 Å². The smallest absolute Gasteiger partial charge is 0.290 e. The molecule has 2 fully saturated rings. The van der Waals surface area contributed by atoms with E-state index in [1.165, 1.54) is 11.8 Å². The zero-order valence-corrected chi connectivity index (χ0v) is 21.0. The maximum atomic E-state index is 12.7. The van der Waals surface area contributed by atoms with Gasteiger partial charge in [0.1, 0.15) is 34.6 Å². The van der Waals surface area contributed by atoms with E-state index in [9.17, 15) is 19.9 Å². The molecule has 0 aromatic heterocycles. The Hall–Kier alpha value is -0.410. The fourth-order valence-corrected chi connectivity index (χ4v) is 6.08. The van der Waals surface area contributed by atoms with E-state index in [2.05, 4.69) is 15.7 Å². The third-order valence-corrected chi connectivity index (χ3v) is 8.68. The van der Waals surface area contributed by atoms with Crippen LogP contribution in [0.15, 0.2) is 12.2 Å². The lowest BCUT2D eigenvalue weighted by Crippen LogP contribution is -2.63. The first-order valence-electron chi connectivity index (χ1n) is 11.1. The number of nitrogens with zero attached hydrogens (tertiary/aromatic N) is 1. The summed E-state index contributed by atoms with van der Waals surface area (Å²) >= 11 is 0.137. The molecule has 3 heterocycles. The molecule has 0 aromatic rings. The minimum absolute atomic E-state index is 0.176. The molecule has 3 aliphatic heterocycles. The number of thioether (sulfide) groups is 1. The number of ether oxygens (including phenoxy) is 2. The number of fused-ring (bicyclic) bond motifs is 2. The van der Waals surface area contributed by atoms with E-state index in [1.54, 1.807) is 0 Å². The number of carbonyl (C=O) groups is 1. The highest BCUT2D eigenvalue weighted by Crippen LogP contribution is 2.35. The molecule has 0 aromatic carbocycles. The Morgan fingerprint density at radius 2 is 1.76 bits per heavy atom. The number of nitrogens with one attached hydrogen (secondary N) is 1. The summed E-state index contributed by atoms with van der Waals surface area (Å²) in [5.74, 6) is 0. The monoisotopic (exact) mass is 510 g/mol.